The van der Waals surface area contributed by atoms with Crippen LogP contribution in [0.4, 0.5) is 0 Å². The van der Waals surface area contributed by atoms with Crippen molar-refractivity contribution in [1.82, 2.24) is 14.5 Å². The molecular weight excluding hydrogens is 625 g/mol. The number of imide groups is 1. The molecule has 10 heteroatoms. The maximum absolute atomic E-state index is 14.5. The van der Waals surface area contributed by atoms with Gasteiger partial charge >= 0.3 is 7.82 Å². The first-order valence-corrected chi connectivity index (χ1v) is 17.6. The normalized spacial score (nSPS) is 18.0. The molecule has 2 aliphatic heterocycles. The van der Waals surface area contributed by atoms with Crippen molar-refractivity contribution < 1.29 is 27.7 Å². The number of rotatable bonds is 11. The van der Waals surface area contributed by atoms with E-state index in [4.69, 9.17) is 13.6 Å². The number of nitrogens with one attached hydrogen (secondary N) is 1. The number of H-pyrrole nitrogens is 1. The van der Waals surface area contributed by atoms with Gasteiger partial charge in [0.1, 0.15) is 6.73 Å². The first-order valence-electron chi connectivity index (χ1n) is 16.1. The number of para-hydroxylation sites is 2. The van der Waals surface area contributed by atoms with Gasteiger partial charge in [-0.25, -0.2) is 4.57 Å². The van der Waals surface area contributed by atoms with E-state index in [2.05, 4.69) is 15.6 Å². The zero-order valence-electron chi connectivity index (χ0n) is 26.2. The summed E-state index contributed by atoms with van der Waals surface area (Å²) in [5.74, 6) is -2.49. The van der Waals surface area contributed by atoms with Gasteiger partial charge in [0.15, 0.2) is 0 Å². The summed E-state index contributed by atoms with van der Waals surface area (Å²) < 4.78 is 33.7. The summed E-state index contributed by atoms with van der Waals surface area (Å²) in [6, 6.07) is 32.4. The lowest BCUT2D eigenvalue weighted by molar-refractivity contribution is -0.142. The average Bonchev–Trinajstić information content (AvgIpc) is 3.79. The quantitative estimate of drug-likeness (QED) is 0.112. The van der Waals surface area contributed by atoms with Crippen molar-refractivity contribution in [1.29, 1.82) is 0 Å². The lowest BCUT2D eigenvalue weighted by Gasteiger charge is -2.21. The summed E-state index contributed by atoms with van der Waals surface area (Å²) in [5, 5.41) is 1.84. The van der Waals surface area contributed by atoms with E-state index in [-0.39, 0.29) is 13.2 Å². The van der Waals surface area contributed by atoms with E-state index in [0.29, 0.717) is 0 Å². The Morgan fingerprint density at radius 3 is 2.04 bits per heavy atom. The van der Waals surface area contributed by atoms with Gasteiger partial charge in [-0.3, -0.25) is 28.1 Å². The summed E-state index contributed by atoms with van der Waals surface area (Å²) >= 11 is 0. The number of hydrogen-bond acceptors (Lipinski definition) is 6. The van der Waals surface area contributed by atoms with Crippen LogP contribution in [0.15, 0.2) is 116 Å². The Hall–Kier alpha value is -4.79. The monoisotopic (exact) mass is 659 g/mol. The Balaban J connectivity index is 1.14. The molecular formula is C38H34N3O6P. The minimum Gasteiger partial charge on any atom is -0.361 e. The molecule has 0 aliphatic carbocycles. The molecule has 1 fully saturated rings. The molecule has 1 N–H and O–H groups in total. The number of aryl methyl sites for hydroxylation is 2. The molecule has 0 bridgehead atoms. The van der Waals surface area contributed by atoms with E-state index in [0.717, 1.165) is 68.3 Å². The largest absolute Gasteiger partial charge is 0.477 e. The second kappa shape index (κ2) is 12.7. The summed E-state index contributed by atoms with van der Waals surface area (Å²) in [7, 11) is -4.26. The van der Waals surface area contributed by atoms with Crippen molar-refractivity contribution in [2.75, 3.05) is 6.73 Å². The number of aromatic nitrogens is 2. The summed E-state index contributed by atoms with van der Waals surface area (Å²) in [5.41, 5.74) is 6.28. The van der Waals surface area contributed by atoms with Crippen molar-refractivity contribution in [3.63, 3.8) is 0 Å². The highest BCUT2D eigenvalue weighted by Crippen LogP contribution is 2.53. The van der Waals surface area contributed by atoms with Gasteiger partial charge in [0, 0.05) is 35.2 Å². The zero-order valence-corrected chi connectivity index (χ0v) is 27.1. The first kappa shape index (κ1) is 30.5. The van der Waals surface area contributed by atoms with Crippen LogP contribution in [0.25, 0.3) is 21.8 Å². The van der Waals surface area contributed by atoms with E-state index >= 15 is 0 Å². The maximum atomic E-state index is 14.5. The topological polar surface area (TPSA) is 103 Å². The molecule has 242 valence electrons. The zero-order chi connectivity index (χ0) is 32.7. The van der Waals surface area contributed by atoms with Gasteiger partial charge in [-0.1, -0.05) is 97.1 Å². The van der Waals surface area contributed by atoms with Crippen molar-refractivity contribution in [2.45, 2.75) is 44.4 Å². The predicted octanol–water partition coefficient (Wildman–Crippen LogP) is 7.82. The Bertz CT molecular complexity index is 2130. The van der Waals surface area contributed by atoms with Crippen molar-refractivity contribution in [3.05, 3.63) is 143 Å². The third kappa shape index (κ3) is 5.59. The molecule has 2 atom stereocenters. The van der Waals surface area contributed by atoms with Crippen LogP contribution in [0.1, 0.15) is 46.1 Å². The summed E-state index contributed by atoms with van der Waals surface area (Å²) in [6.07, 6.45) is 5.82. The highest BCUT2D eigenvalue weighted by atomic mass is 31.2. The van der Waals surface area contributed by atoms with Crippen LogP contribution in [0.3, 0.4) is 0 Å². The molecule has 0 spiro atoms. The van der Waals surface area contributed by atoms with Crippen molar-refractivity contribution in [3.8, 4) is 0 Å². The average molecular weight is 660 g/mol. The number of benzene rings is 4. The van der Waals surface area contributed by atoms with Crippen molar-refractivity contribution in [2.24, 2.45) is 0 Å². The summed E-state index contributed by atoms with van der Waals surface area (Å²) in [6.45, 7) is 0.167. The second-order valence-electron chi connectivity index (χ2n) is 12.3. The van der Waals surface area contributed by atoms with E-state index in [1.165, 1.54) is 5.56 Å². The molecule has 0 radical (unpaired) electrons. The standard InChI is InChI=1S/C38H34N3O6P/c42-37-34(31-21-39-33-19-8-7-17-29(31)33)35(32-22-40-20-10-16-28-15-9-18-30(32)36(28)40)38(43)41(37)25-47-48(44,45-23-26-11-3-1-4-12-26)46-24-27-13-5-2-6-14-27/h1-9,11-15,17-19,21-22,34-35,39H,10,16,20,23-25H2. The number of phosphoric ester groups is 1. The molecule has 4 aromatic carbocycles. The molecule has 2 amide bonds. The Labute approximate surface area is 277 Å². The molecule has 9 nitrogen and oxygen atoms in total. The van der Waals surface area contributed by atoms with Crippen molar-refractivity contribution >= 4 is 41.4 Å². The van der Waals surface area contributed by atoms with E-state index in [1.807, 2.05) is 109 Å². The Morgan fingerprint density at radius 1 is 0.708 bits per heavy atom. The fraction of sp³-hybridized carbons (Fsp3) is 0.211. The number of amides is 2. The number of fused-ring (bicyclic) bond motifs is 1. The third-order valence-corrected chi connectivity index (χ3v) is 10.7. The van der Waals surface area contributed by atoms with Crippen LogP contribution in [0.5, 0.6) is 0 Å². The number of likely N-dealkylation sites (tertiary alicyclic amines) is 1. The number of carbonyl (C=O) groups excluding carboxylic acids is 2. The number of hydrogen-bond donors (Lipinski definition) is 1. The number of aromatic amines is 1. The molecule has 1 saturated heterocycles. The SMILES string of the molecule is O=C1C(c2c[nH]c3ccccc23)C(c2cn3c4c(cccc24)CCC3)C(=O)N1COP(=O)(OCc1ccccc1)OCc1ccccc1. The number of nitrogens with zero attached hydrogens (tertiary/aromatic N) is 2. The lowest BCUT2D eigenvalue weighted by atomic mass is 9.83. The van der Waals surface area contributed by atoms with Crippen LogP contribution in [0.2, 0.25) is 0 Å². The second-order valence-corrected chi connectivity index (χ2v) is 13.9. The minimum atomic E-state index is -4.26. The molecule has 8 rings (SSSR count). The highest BCUT2D eigenvalue weighted by Gasteiger charge is 2.51. The minimum absolute atomic E-state index is 0.0444. The van der Waals surface area contributed by atoms with Gasteiger partial charge in [-0.05, 0) is 46.7 Å². The highest BCUT2D eigenvalue weighted by molar-refractivity contribution is 7.48. The third-order valence-electron chi connectivity index (χ3n) is 9.36. The molecule has 48 heavy (non-hydrogen) atoms. The van der Waals surface area contributed by atoms with Gasteiger partial charge in [0.05, 0.1) is 30.6 Å². The van der Waals surface area contributed by atoms with Gasteiger partial charge in [-0.2, -0.15) is 0 Å². The maximum Gasteiger partial charge on any atom is 0.477 e. The van der Waals surface area contributed by atoms with Gasteiger partial charge in [0.2, 0.25) is 11.8 Å². The molecule has 4 heterocycles. The Kier molecular flexibility index (Phi) is 8.06. The fourth-order valence-corrected chi connectivity index (χ4v) is 8.16. The predicted molar refractivity (Wildman–Crippen MR) is 182 cm³/mol. The number of phosphoric acid groups is 1. The van der Waals surface area contributed by atoms with Gasteiger partial charge in [0.25, 0.3) is 0 Å². The van der Waals surface area contributed by atoms with Crippen LogP contribution in [-0.2, 0) is 53.9 Å². The van der Waals surface area contributed by atoms with Crippen LogP contribution < -0.4 is 0 Å². The lowest BCUT2D eigenvalue weighted by Crippen LogP contribution is -2.33. The van der Waals surface area contributed by atoms with Gasteiger partial charge in [-0.15, -0.1) is 0 Å². The van der Waals surface area contributed by atoms with E-state index in [9.17, 15) is 14.2 Å². The van der Waals surface area contributed by atoms with E-state index in [1.54, 1.807) is 0 Å². The van der Waals surface area contributed by atoms with Crippen LogP contribution >= 0.6 is 7.82 Å². The molecule has 6 aromatic rings. The molecule has 2 aromatic heterocycles. The smallest absolute Gasteiger partial charge is 0.361 e. The first-order chi connectivity index (χ1) is 23.5. The van der Waals surface area contributed by atoms with Crippen LogP contribution in [0, 0.1) is 0 Å². The fourth-order valence-electron chi connectivity index (χ4n) is 7.06. The van der Waals surface area contributed by atoms with Crippen LogP contribution in [-0.4, -0.2) is 33.0 Å². The van der Waals surface area contributed by atoms with E-state index < -0.39 is 38.2 Å². The summed E-state index contributed by atoms with van der Waals surface area (Å²) in [4.78, 5) is 33.3. The Morgan fingerprint density at radius 2 is 1.33 bits per heavy atom. The van der Waals surface area contributed by atoms with Gasteiger partial charge < -0.3 is 9.55 Å². The molecule has 2 unspecified atom stereocenters. The number of carbonyl (C=O) groups is 2. The molecule has 2 aliphatic rings. The molecule has 0 saturated carbocycles.